The quantitative estimate of drug-likeness (QED) is 0.754. The highest BCUT2D eigenvalue weighted by atomic mass is 16.3. The molecule has 3 heterocycles. The van der Waals surface area contributed by atoms with E-state index in [0.29, 0.717) is 18.7 Å². The van der Waals surface area contributed by atoms with Gasteiger partial charge in [-0.3, -0.25) is 14.8 Å². The molecule has 0 radical (unpaired) electrons. The highest BCUT2D eigenvalue weighted by Gasteiger charge is 2.23. The Labute approximate surface area is 159 Å². The lowest BCUT2D eigenvalue weighted by Crippen LogP contribution is -2.25. The molecule has 0 bridgehead atoms. The van der Waals surface area contributed by atoms with Crippen molar-refractivity contribution in [3.05, 3.63) is 59.3 Å². The second-order valence-corrected chi connectivity index (χ2v) is 7.61. The van der Waals surface area contributed by atoms with E-state index in [9.17, 15) is 9.90 Å². The van der Waals surface area contributed by atoms with Crippen LogP contribution in [0.2, 0.25) is 0 Å². The van der Waals surface area contributed by atoms with Gasteiger partial charge in [0, 0.05) is 44.5 Å². The van der Waals surface area contributed by atoms with E-state index in [2.05, 4.69) is 9.97 Å². The number of fused-ring (bicyclic) bond motifs is 1. The predicted molar refractivity (Wildman–Crippen MR) is 105 cm³/mol. The summed E-state index contributed by atoms with van der Waals surface area (Å²) in [5.41, 5.74) is 3.58. The molecule has 0 aliphatic rings. The first-order valence-electron chi connectivity index (χ1n) is 8.98. The Kier molecular flexibility index (Phi) is 5.02. The summed E-state index contributed by atoms with van der Waals surface area (Å²) in [6.07, 6.45) is 5.99. The number of nitrogens with zero attached hydrogens (tertiary/aromatic N) is 4. The zero-order valence-electron chi connectivity index (χ0n) is 16.5. The number of pyridine rings is 2. The minimum Gasteiger partial charge on any atom is -0.384 e. The summed E-state index contributed by atoms with van der Waals surface area (Å²) in [7, 11) is 3.51. The third-order valence-corrected chi connectivity index (χ3v) is 4.80. The van der Waals surface area contributed by atoms with Crippen LogP contribution in [0.3, 0.4) is 0 Å². The molecule has 3 aromatic rings. The number of likely N-dealkylation sites (N-methyl/N-ethyl adjacent to an activating group) is 1. The van der Waals surface area contributed by atoms with Gasteiger partial charge in [-0.25, -0.2) is 0 Å². The lowest BCUT2D eigenvalue weighted by molar-refractivity contribution is -0.129. The summed E-state index contributed by atoms with van der Waals surface area (Å²) >= 11 is 0. The maximum atomic E-state index is 12.1. The van der Waals surface area contributed by atoms with Crippen molar-refractivity contribution in [1.29, 1.82) is 0 Å². The third-order valence-electron chi connectivity index (χ3n) is 4.80. The van der Waals surface area contributed by atoms with Gasteiger partial charge in [0.1, 0.15) is 12.1 Å². The third kappa shape index (κ3) is 3.85. The van der Waals surface area contributed by atoms with Crippen LogP contribution >= 0.6 is 0 Å². The van der Waals surface area contributed by atoms with Crippen molar-refractivity contribution in [3.63, 3.8) is 0 Å². The molecular weight excluding hydrogens is 340 g/mol. The van der Waals surface area contributed by atoms with Gasteiger partial charge in [-0.2, -0.15) is 0 Å². The zero-order chi connectivity index (χ0) is 19.8. The largest absolute Gasteiger partial charge is 0.384 e. The van der Waals surface area contributed by atoms with Crippen LogP contribution in [-0.2, 0) is 23.4 Å². The molecule has 0 fully saturated rings. The average Bonchev–Trinajstić information content (AvgIpc) is 2.99. The smallest absolute Gasteiger partial charge is 0.241 e. The number of aromatic nitrogens is 3. The first kappa shape index (κ1) is 19.0. The Balaban J connectivity index is 2.03. The molecule has 0 aliphatic heterocycles. The fraction of sp³-hybridized carbons (Fsp3) is 0.381. The average molecular weight is 366 g/mol. The van der Waals surface area contributed by atoms with Crippen molar-refractivity contribution in [2.24, 2.45) is 0 Å². The normalized spacial score (nSPS) is 11.8. The molecule has 0 aromatic carbocycles. The van der Waals surface area contributed by atoms with Crippen molar-refractivity contribution in [1.82, 2.24) is 19.4 Å². The summed E-state index contributed by atoms with van der Waals surface area (Å²) in [6.45, 7) is 5.80. The molecule has 0 aliphatic carbocycles. The number of rotatable bonds is 5. The molecule has 142 valence electrons. The molecule has 6 nitrogen and oxygen atoms in total. The molecule has 1 amide bonds. The van der Waals surface area contributed by atoms with Crippen LogP contribution in [0.4, 0.5) is 0 Å². The Morgan fingerprint density at radius 2 is 1.89 bits per heavy atom. The van der Waals surface area contributed by atoms with E-state index in [4.69, 9.17) is 0 Å². The van der Waals surface area contributed by atoms with E-state index in [1.54, 1.807) is 45.2 Å². The van der Waals surface area contributed by atoms with Crippen LogP contribution in [0.5, 0.6) is 0 Å². The van der Waals surface area contributed by atoms with Crippen molar-refractivity contribution >= 4 is 16.8 Å². The van der Waals surface area contributed by atoms with Crippen molar-refractivity contribution in [2.45, 2.75) is 39.3 Å². The molecule has 27 heavy (non-hydrogen) atoms. The molecule has 0 saturated carbocycles. The minimum absolute atomic E-state index is 0.0401. The van der Waals surface area contributed by atoms with Crippen LogP contribution in [0.15, 0.2) is 36.8 Å². The van der Waals surface area contributed by atoms with Crippen LogP contribution in [0.25, 0.3) is 10.9 Å². The highest BCUT2D eigenvalue weighted by molar-refractivity contribution is 5.85. The topological polar surface area (TPSA) is 71.2 Å². The number of carbonyl (C=O) groups is 1. The van der Waals surface area contributed by atoms with E-state index in [1.165, 1.54) is 0 Å². The second kappa shape index (κ2) is 7.12. The fourth-order valence-corrected chi connectivity index (χ4v) is 3.25. The Morgan fingerprint density at radius 3 is 2.56 bits per heavy atom. The summed E-state index contributed by atoms with van der Waals surface area (Å²) in [4.78, 5) is 22.7. The first-order chi connectivity index (χ1) is 12.7. The summed E-state index contributed by atoms with van der Waals surface area (Å²) in [5.74, 6) is 0.0401. The lowest BCUT2D eigenvalue weighted by atomic mass is 9.92. The number of aryl methyl sites for hydroxylation is 1. The first-order valence-corrected chi connectivity index (χ1v) is 8.98. The highest BCUT2D eigenvalue weighted by Crippen LogP contribution is 2.28. The van der Waals surface area contributed by atoms with Gasteiger partial charge in [-0.05, 0) is 50.1 Å². The van der Waals surface area contributed by atoms with Crippen molar-refractivity contribution in [2.75, 3.05) is 14.1 Å². The van der Waals surface area contributed by atoms with Gasteiger partial charge in [0.15, 0.2) is 0 Å². The molecule has 0 saturated heterocycles. The van der Waals surface area contributed by atoms with Crippen LogP contribution in [0.1, 0.15) is 36.4 Å². The van der Waals surface area contributed by atoms with Gasteiger partial charge in [0.2, 0.25) is 5.91 Å². The van der Waals surface area contributed by atoms with E-state index in [1.807, 2.05) is 35.9 Å². The van der Waals surface area contributed by atoms with Gasteiger partial charge in [0.05, 0.1) is 16.9 Å². The molecule has 3 rings (SSSR count). The second-order valence-electron chi connectivity index (χ2n) is 7.61. The van der Waals surface area contributed by atoms with E-state index < -0.39 is 5.60 Å². The monoisotopic (exact) mass is 366 g/mol. The number of amides is 1. The Hall–Kier alpha value is -2.73. The van der Waals surface area contributed by atoms with Gasteiger partial charge in [-0.1, -0.05) is 0 Å². The number of aliphatic hydroxyl groups is 1. The van der Waals surface area contributed by atoms with Gasteiger partial charge >= 0.3 is 0 Å². The SMILES string of the molecule is Cc1ccnc(C(C)(C)O)c1Cc1nccc2c1ccn2CC(=O)N(C)C. The van der Waals surface area contributed by atoms with Gasteiger partial charge in [0.25, 0.3) is 0 Å². The van der Waals surface area contributed by atoms with E-state index in [0.717, 1.165) is 27.7 Å². The van der Waals surface area contributed by atoms with Gasteiger partial charge in [-0.15, -0.1) is 0 Å². The predicted octanol–water partition coefficient (Wildman–Crippen LogP) is 2.65. The van der Waals surface area contributed by atoms with Crippen LogP contribution in [-0.4, -0.2) is 44.5 Å². The van der Waals surface area contributed by atoms with Gasteiger partial charge < -0.3 is 14.6 Å². The Morgan fingerprint density at radius 1 is 1.19 bits per heavy atom. The maximum absolute atomic E-state index is 12.1. The van der Waals surface area contributed by atoms with Crippen molar-refractivity contribution < 1.29 is 9.90 Å². The molecule has 6 heteroatoms. The molecule has 0 unspecified atom stereocenters. The number of hydrogen-bond donors (Lipinski definition) is 1. The zero-order valence-corrected chi connectivity index (χ0v) is 16.5. The van der Waals surface area contributed by atoms with E-state index in [-0.39, 0.29) is 5.91 Å². The van der Waals surface area contributed by atoms with Crippen LogP contribution < -0.4 is 0 Å². The fourth-order valence-electron chi connectivity index (χ4n) is 3.25. The molecule has 3 aromatic heterocycles. The van der Waals surface area contributed by atoms with Crippen LogP contribution in [0, 0.1) is 6.92 Å². The maximum Gasteiger partial charge on any atom is 0.241 e. The van der Waals surface area contributed by atoms with Crippen molar-refractivity contribution in [3.8, 4) is 0 Å². The minimum atomic E-state index is -1.03. The summed E-state index contributed by atoms with van der Waals surface area (Å²) < 4.78 is 1.94. The Bertz CT molecular complexity index is 984. The standard InChI is InChI=1S/C21H26N4O2/c1-14-6-9-23-20(21(2,3)27)16(14)12-17-15-8-11-25(13-19(26)24(4)5)18(15)7-10-22-17/h6-11,27H,12-13H2,1-5H3. The lowest BCUT2D eigenvalue weighted by Gasteiger charge is -2.21. The summed E-state index contributed by atoms with van der Waals surface area (Å²) in [5, 5.41) is 11.5. The summed E-state index contributed by atoms with van der Waals surface area (Å²) in [6, 6.07) is 5.87. The van der Waals surface area contributed by atoms with E-state index >= 15 is 0 Å². The molecule has 1 N–H and O–H groups in total. The molecule has 0 spiro atoms. The molecular formula is C21H26N4O2. The molecule has 0 atom stereocenters. The number of hydrogen-bond acceptors (Lipinski definition) is 4. The number of carbonyl (C=O) groups excluding carboxylic acids is 1.